The number of benzene rings is 1. The van der Waals surface area contributed by atoms with Gasteiger partial charge in [0.15, 0.2) is 0 Å². The minimum atomic E-state index is -0.435. The van der Waals surface area contributed by atoms with Gasteiger partial charge >= 0.3 is 0 Å². The predicted molar refractivity (Wildman–Crippen MR) is 67.0 cm³/mol. The molecule has 1 saturated heterocycles. The molecule has 0 aromatic heterocycles. The fourth-order valence-electron chi connectivity index (χ4n) is 2.35. The molecule has 0 aliphatic carbocycles. The Kier molecular flexibility index (Phi) is 2.79. The summed E-state index contributed by atoms with van der Waals surface area (Å²) in [6.45, 7) is 2.85. The fraction of sp³-hybridized carbons (Fsp3) is 0.308. The second-order valence-electron chi connectivity index (χ2n) is 4.59. The average molecular weight is 259 g/mol. The zero-order valence-corrected chi connectivity index (χ0v) is 10.2. The van der Waals surface area contributed by atoms with Gasteiger partial charge in [-0.2, -0.15) is 0 Å². The van der Waals surface area contributed by atoms with Gasteiger partial charge in [-0.3, -0.25) is 19.7 Å². The zero-order valence-electron chi connectivity index (χ0n) is 10.2. The van der Waals surface area contributed by atoms with Crippen molar-refractivity contribution in [1.82, 2.24) is 15.5 Å². The van der Waals surface area contributed by atoms with Crippen LogP contribution in [0, 0.1) is 0 Å². The largest absolute Gasteiger partial charge is 0.336 e. The van der Waals surface area contributed by atoms with Crippen LogP contribution in [0.2, 0.25) is 0 Å². The van der Waals surface area contributed by atoms with Crippen LogP contribution >= 0.6 is 0 Å². The summed E-state index contributed by atoms with van der Waals surface area (Å²) >= 11 is 0. The first-order chi connectivity index (χ1) is 9.16. The molecule has 6 nitrogen and oxygen atoms in total. The molecule has 6 heteroatoms. The Labute approximate surface area is 109 Å². The third kappa shape index (κ3) is 2.00. The third-order valence-corrected chi connectivity index (χ3v) is 3.39. The molecule has 3 amide bonds. The molecule has 1 fully saturated rings. The lowest BCUT2D eigenvalue weighted by molar-refractivity contribution is 0.0735. The van der Waals surface area contributed by atoms with Crippen LogP contribution in [0.4, 0.5) is 0 Å². The van der Waals surface area contributed by atoms with E-state index in [9.17, 15) is 14.4 Å². The first-order valence-electron chi connectivity index (χ1n) is 6.16. The summed E-state index contributed by atoms with van der Waals surface area (Å²) in [6.07, 6.45) is 0. The Morgan fingerprint density at radius 2 is 1.74 bits per heavy atom. The maximum absolute atomic E-state index is 12.3. The molecule has 2 N–H and O–H groups in total. The monoisotopic (exact) mass is 259 g/mol. The quantitative estimate of drug-likeness (QED) is 0.674. The lowest BCUT2D eigenvalue weighted by atomic mass is 10.0. The molecule has 0 radical (unpaired) electrons. The molecule has 98 valence electrons. The minimum absolute atomic E-state index is 0.101. The Hall–Kier alpha value is -2.21. The van der Waals surface area contributed by atoms with E-state index in [1.54, 1.807) is 11.0 Å². The van der Waals surface area contributed by atoms with Gasteiger partial charge in [0.1, 0.15) is 0 Å². The van der Waals surface area contributed by atoms with Crippen molar-refractivity contribution in [2.45, 2.75) is 0 Å². The van der Waals surface area contributed by atoms with Crippen LogP contribution in [0.15, 0.2) is 18.2 Å². The Morgan fingerprint density at radius 3 is 2.47 bits per heavy atom. The van der Waals surface area contributed by atoms with Crippen LogP contribution in [-0.4, -0.2) is 48.8 Å². The third-order valence-electron chi connectivity index (χ3n) is 3.39. The van der Waals surface area contributed by atoms with E-state index in [-0.39, 0.29) is 11.5 Å². The fourth-order valence-corrected chi connectivity index (χ4v) is 2.35. The number of hydrogen-bond acceptors (Lipinski definition) is 4. The molecule has 2 aliphatic heterocycles. The highest BCUT2D eigenvalue weighted by Gasteiger charge is 2.28. The number of piperazine rings is 1. The van der Waals surface area contributed by atoms with E-state index in [1.807, 2.05) is 0 Å². The SMILES string of the molecule is O=C1NC(=O)c2cc(C(=O)N3CCNCC3)ccc21. The number of nitrogens with one attached hydrogen (secondary N) is 2. The molecule has 2 aliphatic rings. The number of rotatable bonds is 1. The van der Waals surface area contributed by atoms with Gasteiger partial charge in [0.2, 0.25) is 0 Å². The van der Waals surface area contributed by atoms with Crippen molar-refractivity contribution in [2.24, 2.45) is 0 Å². The Balaban J connectivity index is 1.90. The van der Waals surface area contributed by atoms with E-state index >= 15 is 0 Å². The minimum Gasteiger partial charge on any atom is -0.336 e. The first-order valence-corrected chi connectivity index (χ1v) is 6.16. The van der Waals surface area contributed by atoms with E-state index in [0.717, 1.165) is 13.1 Å². The van der Waals surface area contributed by atoms with Crippen molar-refractivity contribution < 1.29 is 14.4 Å². The van der Waals surface area contributed by atoms with Gasteiger partial charge in [-0.1, -0.05) is 0 Å². The van der Waals surface area contributed by atoms with Crippen molar-refractivity contribution in [3.63, 3.8) is 0 Å². The van der Waals surface area contributed by atoms with Crippen LogP contribution in [-0.2, 0) is 0 Å². The smallest absolute Gasteiger partial charge is 0.258 e. The molecule has 3 rings (SSSR count). The Bertz CT molecular complexity index is 576. The van der Waals surface area contributed by atoms with E-state index in [0.29, 0.717) is 24.2 Å². The van der Waals surface area contributed by atoms with E-state index in [1.165, 1.54) is 12.1 Å². The molecular weight excluding hydrogens is 246 g/mol. The van der Waals surface area contributed by atoms with E-state index in [4.69, 9.17) is 0 Å². The summed E-state index contributed by atoms with van der Waals surface area (Å²) in [6, 6.07) is 4.63. The first kappa shape index (κ1) is 11.9. The van der Waals surface area contributed by atoms with Gasteiger partial charge in [-0.25, -0.2) is 0 Å². The highest BCUT2D eigenvalue weighted by molar-refractivity contribution is 6.22. The number of hydrogen-bond donors (Lipinski definition) is 2. The molecule has 0 atom stereocenters. The molecule has 2 heterocycles. The van der Waals surface area contributed by atoms with Crippen LogP contribution in [0.5, 0.6) is 0 Å². The van der Waals surface area contributed by atoms with Crippen molar-refractivity contribution in [1.29, 1.82) is 0 Å². The van der Waals surface area contributed by atoms with Gasteiger partial charge in [0, 0.05) is 31.7 Å². The summed E-state index contributed by atoms with van der Waals surface area (Å²) < 4.78 is 0. The Morgan fingerprint density at radius 1 is 1.05 bits per heavy atom. The normalized spacial score (nSPS) is 18.2. The number of amides is 3. The van der Waals surface area contributed by atoms with Crippen molar-refractivity contribution in [2.75, 3.05) is 26.2 Å². The second-order valence-corrected chi connectivity index (χ2v) is 4.59. The number of carbonyl (C=O) groups excluding carboxylic acids is 3. The van der Waals surface area contributed by atoms with Crippen LogP contribution in [0.3, 0.4) is 0 Å². The molecule has 1 aromatic rings. The van der Waals surface area contributed by atoms with Crippen LogP contribution in [0.1, 0.15) is 31.1 Å². The van der Waals surface area contributed by atoms with Crippen LogP contribution < -0.4 is 10.6 Å². The maximum Gasteiger partial charge on any atom is 0.258 e. The average Bonchev–Trinajstić information content (AvgIpc) is 2.74. The lowest BCUT2D eigenvalue weighted by Crippen LogP contribution is -2.46. The highest BCUT2D eigenvalue weighted by atomic mass is 16.2. The highest BCUT2D eigenvalue weighted by Crippen LogP contribution is 2.18. The second kappa shape index (κ2) is 4.47. The van der Waals surface area contributed by atoms with Gasteiger partial charge in [0.25, 0.3) is 17.7 Å². The van der Waals surface area contributed by atoms with Crippen molar-refractivity contribution >= 4 is 17.7 Å². The number of fused-ring (bicyclic) bond motifs is 1. The molecule has 0 saturated carbocycles. The lowest BCUT2D eigenvalue weighted by Gasteiger charge is -2.27. The van der Waals surface area contributed by atoms with Crippen LogP contribution in [0.25, 0.3) is 0 Å². The van der Waals surface area contributed by atoms with Crippen molar-refractivity contribution in [3.05, 3.63) is 34.9 Å². The molecule has 19 heavy (non-hydrogen) atoms. The summed E-state index contributed by atoms with van der Waals surface area (Å²) in [5.41, 5.74) is 1.07. The zero-order chi connectivity index (χ0) is 13.4. The number of nitrogens with zero attached hydrogens (tertiary/aromatic N) is 1. The molecule has 1 aromatic carbocycles. The van der Waals surface area contributed by atoms with E-state index in [2.05, 4.69) is 10.6 Å². The van der Waals surface area contributed by atoms with Gasteiger partial charge in [0.05, 0.1) is 11.1 Å². The summed E-state index contributed by atoms with van der Waals surface area (Å²) in [4.78, 5) is 37.0. The summed E-state index contributed by atoms with van der Waals surface area (Å²) in [7, 11) is 0. The van der Waals surface area contributed by atoms with Gasteiger partial charge in [-0.15, -0.1) is 0 Å². The topological polar surface area (TPSA) is 78.5 Å². The standard InChI is InChI=1S/C13H13N3O3/c17-11-9-2-1-8(7-10(9)12(18)15-11)13(19)16-5-3-14-4-6-16/h1-2,7,14H,3-6H2,(H,15,17,18). The van der Waals surface area contributed by atoms with Gasteiger partial charge < -0.3 is 10.2 Å². The predicted octanol–water partition coefficient (Wildman–Crippen LogP) is -0.384. The number of imide groups is 1. The van der Waals surface area contributed by atoms with E-state index < -0.39 is 11.8 Å². The van der Waals surface area contributed by atoms with Gasteiger partial charge in [-0.05, 0) is 18.2 Å². The number of carbonyl (C=O) groups is 3. The molecule has 0 spiro atoms. The van der Waals surface area contributed by atoms with Crippen molar-refractivity contribution in [3.8, 4) is 0 Å². The molecule has 0 unspecified atom stereocenters. The molecular formula is C13H13N3O3. The maximum atomic E-state index is 12.3. The molecule has 0 bridgehead atoms. The summed E-state index contributed by atoms with van der Waals surface area (Å²) in [5, 5.41) is 5.39. The summed E-state index contributed by atoms with van der Waals surface area (Å²) in [5.74, 6) is -0.937.